The second-order valence-corrected chi connectivity index (χ2v) is 6.92. The Balaban J connectivity index is 0.000000190. The second kappa shape index (κ2) is 11.3. The predicted molar refractivity (Wildman–Crippen MR) is 113 cm³/mol. The Labute approximate surface area is 159 Å². The fourth-order valence-electron chi connectivity index (χ4n) is 3.09. The topological polar surface area (TPSA) is 6.48 Å². The summed E-state index contributed by atoms with van der Waals surface area (Å²) >= 11 is 0. The lowest BCUT2D eigenvalue weighted by atomic mass is 10.0. The number of piperidine rings is 1. The first-order valence-corrected chi connectivity index (χ1v) is 9.26. The van der Waals surface area contributed by atoms with Gasteiger partial charge in [0.1, 0.15) is 0 Å². The van der Waals surface area contributed by atoms with E-state index in [-0.39, 0.29) is 0 Å². The van der Waals surface area contributed by atoms with Gasteiger partial charge in [-0.2, -0.15) is 0 Å². The Morgan fingerprint density at radius 3 is 2.35 bits per heavy atom. The van der Waals surface area contributed by atoms with Gasteiger partial charge in [0.2, 0.25) is 0 Å². The van der Waals surface area contributed by atoms with Gasteiger partial charge in [-0.1, -0.05) is 78.2 Å². The molecular weight excluding hydrogens is 316 g/mol. The molecule has 0 N–H and O–H groups in total. The largest absolute Gasteiger partial charge is 0.302 e. The van der Waals surface area contributed by atoms with Crippen molar-refractivity contribution >= 4 is 6.08 Å². The third-order valence-electron chi connectivity index (χ3n) is 4.34. The number of nitrogens with zero attached hydrogens (tertiary/aromatic N) is 2. The van der Waals surface area contributed by atoms with E-state index >= 15 is 0 Å². The SMILES string of the molecule is C#CCN(C)Cc1ccccc1.CN1CCC/C(=C/c2ccccc2)C1. The fraction of sp³-hybridized carbons (Fsp3) is 0.333. The monoisotopic (exact) mass is 346 g/mol. The minimum absolute atomic E-state index is 0.703. The van der Waals surface area contributed by atoms with Crippen molar-refractivity contribution in [1.82, 2.24) is 9.80 Å². The summed E-state index contributed by atoms with van der Waals surface area (Å²) in [7, 11) is 4.21. The summed E-state index contributed by atoms with van der Waals surface area (Å²) in [5.74, 6) is 2.61. The van der Waals surface area contributed by atoms with Gasteiger partial charge in [-0.05, 0) is 44.6 Å². The molecule has 0 amide bonds. The van der Waals surface area contributed by atoms with Crippen molar-refractivity contribution < 1.29 is 0 Å². The van der Waals surface area contributed by atoms with Crippen LogP contribution in [-0.2, 0) is 6.54 Å². The van der Waals surface area contributed by atoms with E-state index in [1.165, 1.54) is 30.5 Å². The summed E-state index contributed by atoms with van der Waals surface area (Å²) in [4.78, 5) is 4.49. The Hall–Kier alpha value is -2.34. The molecule has 1 heterocycles. The minimum atomic E-state index is 0.703. The average molecular weight is 347 g/mol. The van der Waals surface area contributed by atoms with Crippen LogP contribution in [0.4, 0.5) is 0 Å². The molecule has 0 spiro atoms. The standard InChI is InChI=1S/C13H17N.C11H13N/c1-14-9-5-8-13(11-14)10-12-6-3-2-4-7-12;1-3-9-12(2)10-11-7-5-4-6-8-11/h2-4,6-7,10H,5,8-9,11H2,1H3;1,4-8H,9-10H2,2H3/b13-10-;. The smallest absolute Gasteiger partial charge is 0.0599 e. The number of hydrogen-bond donors (Lipinski definition) is 0. The van der Waals surface area contributed by atoms with E-state index in [1.54, 1.807) is 5.57 Å². The maximum atomic E-state index is 5.19. The van der Waals surface area contributed by atoms with Crippen LogP contribution in [-0.4, -0.2) is 43.5 Å². The molecule has 3 rings (SSSR count). The van der Waals surface area contributed by atoms with E-state index in [0.29, 0.717) is 6.54 Å². The van der Waals surface area contributed by atoms with Crippen LogP contribution in [0.15, 0.2) is 66.2 Å². The van der Waals surface area contributed by atoms with Crippen LogP contribution in [0.5, 0.6) is 0 Å². The molecule has 1 fully saturated rings. The third kappa shape index (κ3) is 7.70. The average Bonchev–Trinajstić information content (AvgIpc) is 2.64. The van der Waals surface area contributed by atoms with Crippen LogP contribution in [0.2, 0.25) is 0 Å². The van der Waals surface area contributed by atoms with Gasteiger partial charge in [0.25, 0.3) is 0 Å². The zero-order valence-electron chi connectivity index (χ0n) is 16.1. The summed E-state index contributed by atoms with van der Waals surface area (Å²) in [6, 6.07) is 20.9. The van der Waals surface area contributed by atoms with Crippen molar-refractivity contribution in [2.75, 3.05) is 33.7 Å². The second-order valence-electron chi connectivity index (χ2n) is 6.92. The van der Waals surface area contributed by atoms with Gasteiger partial charge >= 0.3 is 0 Å². The van der Waals surface area contributed by atoms with Crippen molar-refractivity contribution in [1.29, 1.82) is 0 Å². The molecule has 2 heteroatoms. The van der Waals surface area contributed by atoms with Gasteiger partial charge in [0.05, 0.1) is 6.54 Å². The third-order valence-corrected chi connectivity index (χ3v) is 4.34. The lowest BCUT2D eigenvalue weighted by Gasteiger charge is -2.24. The van der Waals surface area contributed by atoms with Crippen LogP contribution < -0.4 is 0 Å². The van der Waals surface area contributed by atoms with Crippen LogP contribution in [0, 0.1) is 12.3 Å². The molecule has 0 bridgehead atoms. The highest BCUT2D eigenvalue weighted by molar-refractivity contribution is 5.53. The molecule has 0 aromatic heterocycles. The predicted octanol–water partition coefficient (Wildman–Crippen LogP) is 4.55. The molecule has 0 unspecified atom stereocenters. The van der Waals surface area contributed by atoms with E-state index in [4.69, 9.17) is 6.42 Å². The number of benzene rings is 2. The highest BCUT2D eigenvalue weighted by atomic mass is 15.1. The van der Waals surface area contributed by atoms with Crippen LogP contribution in [0.3, 0.4) is 0 Å². The first-order valence-electron chi connectivity index (χ1n) is 9.26. The van der Waals surface area contributed by atoms with Crippen LogP contribution in [0.25, 0.3) is 6.08 Å². The van der Waals surface area contributed by atoms with Gasteiger partial charge in [-0.3, -0.25) is 4.90 Å². The van der Waals surface area contributed by atoms with E-state index in [1.807, 2.05) is 25.2 Å². The van der Waals surface area contributed by atoms with Crippen LogP contribution in [0.1, 0.15) is 24.0 Å². The molecule has 26 heavy (non-hydrogen) atoms. The number of likely N-dealkylation sites (tertiary alicyclic amines) is 1. The van der Waals surface area contributed by atoms with Gasteiger partial charge in [0.15, 0.2) is 0 Å². The van der Waals surface area contributed by atoms with Crippen LogP contribution >= 0.6 is 0 Å². The Morgan fingerprint density at radius 1 is 1.08 bits per heavy atom. The van der Waals surface area contributed by atoms with Crippen molar-refractivity contribution in [3.8, 4) is 12.3 Å². The Morgan fingerprint density at radius 2 is 1.73 bits per heavy atom. The number of likely N-dealkylation sites (N-methyl/N-ethyl adjacent to an activating group) is 1. The zero-order chi connectivity index (χ0) is 18.6. The van der Waals surface area contributed by atoms with Gasteiger partial charge in [-0.25, -0.2) is 0 Å². The summed E-state index contributed by atoms with van der Waals surface area (Å²) in [5, 5.41) is 0. The van der Waals surface area contributed by atoms with Gasteiger partial charge in [0, 0.05) is 13.1 Å². The molecule has 1 saturated heterocycles. The quantitative estimate of drug-likeness (QED) is 0.750. The van der Waals surface area contributed by atoms with E-state index in [0.717, 1.165) is 13.1 Å². The molecule has 2 aromatic carbocycles. The molecule has 0 aliphatic carbocycles. The number of rotatable bonds is 4. The molecule has 2 aromatic rings. The molecule has 1 aliphatic rings. The number of terminal acetylenes is 1. The molecule has 2 nitrogen and oxygen atoms in total. The maximum Gasteiger partial charge on any atom is 0.0599 e. The number of hydrogen-bond acceptors (Lipinski definition) is 2. The van der Waals surface area contributed by atoms with Gasteiger partial charge in [-0.15, -0.1) is 6.42 Å². The molecule has 0 atom stereocenters. The van der Waals surface area contributed by atoms with Crippen molar-refractivity contribution in [2.45, 2.75) is 19.4 Å². The molecule has 1 aliphatic heterocycles. The van der Waals surface area contributed by atoms with Crippen molar-refractivity contribution in [3.05, 3.63) is 77.4 Å². The molecule has 0 saturated carbocycles. The Kier molecular flexibility index (Phi) is 8.69. The highest BCUT2D eigenvalue weighted by Crippen LogP contribution is 2.17. The maximum absolute atomic E-state index is 5.19. The highest BCUT2D eigenvalue weighted by Gasteiger charge is 2.09. The van der Waals surface area contributed by atoms with Crippen molar-refractivity contribution in [2.24, 2.45) is 0 Å². The fourth-order valence-corrected chi connectivity index (χ4v) is 3.09. The zero-order valence-corrected chi connectivity index (χ0v) is 16.1. The summed E-state index contributed by atoms with van der Waals surface area (Å²) < 4.78 is 0. The van der Waals surface area contributed by atoms with E-state index < -0.39 is 0 Å². The molecule has 136 valence electrons. The summed E-state index contributed by atoms with van der Waals surface area (Å²) in [6.07, 6.45) is 10.1. The molecular formula is C24H30N2. The lowest BCUT2D eigenvalue weighted by molar-refractivity contribution is 0.324. The summed E-state index contributed by atoms with van der Waals surface area (Å²) in [5.41, 5.74) is 4.19. The van der Waals surface area contributed by atoms with E-state index in [2.05, 4.69) is 71.3 Å². The Bertz CT molecular complexity index is 698. The minimum Gasteiger partial charge on any atom is -0.302 e. The molecule has 0 radical (unpaired) electrons. The normalized spacial score (nSPS) is 16.0. The van der Waals surface area contributed by atoms with Crippen molar-refractivity contribution in [3.63, 3.8) is 0 Å². The summed E-state index contributed by atoms with van der Waals surface area (Å²) in [6.45, 7) is 4.00. The first kappa shape index (κ1) is 20.0. The van der Waals surface area contributed by atoms with E-state index in [9.17, 15) is 0 Å². The van der Waals surface area contributed by atoms with Gasteiger partial charge < -0.3 is 4.90 Å². The first-order chi connectivity index (χ1) is 12.7. The lowest BCUT2D eigenvalue weighted by Crippen LogP contribution is -2.26.